The molecule has 1 aromatic rings. The van der Waals surface area contributed by atoms with Gasteiger partial charge in [-0.3, -0.25) is 4.79 Å². The molecule has 2 aliphatic rings. The first kappa shape index (κ1) is 14.0. The highest BCUT2D eigenvalue weighted by Gasteiger charge is 2.44. The number of carboxylic acids is 1. The third kappa shape index (κ3) is 2.52. The van der Waals surface area contributed by atoms with E-state index in [1.54, 1.807) is 6.07 Å². The van der Waals surface area contributed by atoms with Crippen LogP contribution in [-0.2, 0) is 22.5 Å². The van der Waals surface area contributed by atoms with Crippen molar-refractivity contribution in [3.05, 3.63) is 34.9 Å². The number of amides is 1. The van der Waals surface area contributed by atoms with Gasteiger partial charge in [0, 0.05) is 25.1 Å². The van der Waals surface area contributed by atoms with Crippen LogP contribution in [0.25, 0.3) is 0 Å². The fraction of sp³-hybridized carbons (Fsp3) is 0.467. The summed E-state index contributed by atoms with van der Waals surface area (Å²) in [6.45, 7) is 1.93. The normalized spacial score (nSPS) is 24.4. The third-order valence-corrected chi connectivity index (χ3v) is 4.17. The first-order valence-electron chi connectivity index (χ1n) is 7.07. The van der Waals surface area contributed by atoms with E-state index in [2.05, 4.69) is 10.6 Å². The Bertz CT molecular complexity index is 579. The number of carbonyl (C=O) groups is 2. The van der Waals surface area contributed by atoms with Gasteiger partial charge in [0.05, 0.1) is 6.61 Å². The van der Waals surface area contributed by atoms with Crippen LogP contribution in [-0.4, -0.2) is 42.3 Å². The summed E-state index contributed by atoms with van der Waals surface area (Å²) in [6.07, 6.45) is 1.07. The number of benzene rings is 1. The molecule has 6 heteroatoms. The highest BCUT2D eigenvalue weighted by atomic mass is 16.5. The van der Waals surface area contributed by atoms with Gasteiger partial charge in [-0.2, -0.15) is 0 Å². The molecule has 1 saturated heterocycles. The highest BCUT2D eigenvalue weighted by Crippen LogP contribution is 2.23. The lowest BCUT2D eigenvalue weighted by Gasteiger charge is -2.25. The molecule has 0 saturated carbocycles. The Morgan fingerprint density at radius 3 is 2.95 bits per heavy atom. The fourth-order valence-corrected chi connectivity index (χ4v) is 2.92. The highest BCUT2D eigenvalue weighted by molar-refractivity contribution is 5.99. The molecule has 0 spiro atoms. The zero-order valence-corrected chi connectivity index (χ0v) is 11.6. The van der Waals surface area contributed by atoms with E-state index in [0.717, 1.165) is 30.6 Å². The second kappa shape index (κ2) is 5.46. The van der Waals surface area contributed by atoms with Gasteiger partial charge in [-0.25, -0.2) is 4.79 Å². The number of rotatable bonds is 3. The number of ether oxygens (including phenoxy) is 1. The van der Waals surface area contributed by atoms with Crippen molar-refractivity contribution < 1.29 is 19.4 Å². The van der Waals surface area contributed by atoms with Gasteiger partial charge in [-0.05, 0) is 30.2 Å². The van der Waals surface area contributed by atoms with Crippen molar-refractivity contribution in [3.63, 3.8) is 0 Å². The Labute approximate surface area is 122 Å². The van der Waals surface area contributed by atoms with Crippen LogP contribution in [0, 0.1) is 0 Å². The summed E-state index contributed by atoms with van der Waals surface area (Å²) in [5.74, 6) is -1.37. The van der Waals surface area contributed by atoms with Crippen LogP contribution in [0.4, 0.5) is 0 Å². The van der Waals surface area contributed by atoms with Crippen LogP contribution < -0.4 is 10.6 Å². The topological polar surface area (TPSA) is 87.7 Å². The SMILES string of the molecule is O=C(NC1(C(=O)O)CCOC1)c1cccc2c1CCNC2. The van der Waals surface area contributed by atoms with E-state index in [4.69, 9.17) is 4.74 Å². The lowest BCUT2D eigenvalue weighted by molar-refractivity contribution is -0.144. The molecule has 1 unspecified atom stereocenters. The molecular weight excluding hydrogens is 272 g/mol. The van der Waals surface area contributed by atoms with Crippen LogP contribution in [0.5, 0.6) is 0 Å². The molecule has 2 heterocycles. The maximum absolute atomic E-state index is 12.5. The van der Waals surface area contributed by atoms with Gasteiger partial charge in [-0.15, -0.1) is 0 Å². The number of carboxylic acid groups (broad SMARTS) is 1. The zero-order valence-electron chi connectivity index (χ0n) is 11.6. The minimum atomic E-state index is -1.30. The smallest absolute Gasteiger partial charge is 0.331 e. The standard InChI is InChI=1S/C15H18N2O4/c18-13(17-15(14(19)20)5-7-21-9-15)12-3-1-2-10-8-16-6-4-11(10)12/h1-3,16H,4-9H2,(H,17,18)(H,19,20). The first-order chi connectivity index (χ1) is 10.1. The predicted molar refractivity (Wildman–Crippen MR) is 75.1 cm³/mol. The van der Waals surface area contributed by atoms with E-state index in [-0.39, 0.29) is 12.5 Å². The maximum atomic E-state index is 12.5. The summed E-state index contributed by atoms with van der Waals surface area (Å²) in [6, 6.07) is 5.58. The number of nitrogens with one attached hydrogen (secondary N) is 2. The van der Waals surface area contributed by atoms with Gasteiger partial charge in [-0.1, -0.05) is 12.1 Å². The Hall–Kier alpha value is -1.92. The van der Waals surface area contributed by atoms with Crippen molar-refractivity contribution in [1.29, 1.82) is 0 Å². The van der Waals surface area contributed by atoms with Crippen molar-refractivity contribution in [2.24, 2.45) is 0 Å². The Morgan fingerprint density at radius 2 is 2.24 bits per heavy atom. The fourth-order valence-electron chi connectivity index (χ4n) is 2.92. The number of fused-ring (bicyclic) bond motifs is 1. The molecule has 112 valence electrons. The van der Waals surface area contributed by atoms with Gasteiger partial charge in [0.15, 0.2) is 5.54 Å². The van der Waals surface area contributed by atoms with Crippen molar-refractivity contribution in [2.45, 2.75) is 24.9 Å². The minimum absolute atomic E-state index is 0.0185. The second-order valence-corrected chi connectivity index (χ2v) is 5.51. The lowest BCUT2D eigenvalue weighted by atomic mass is 9.93. The summed E-state index contributed by atoms with van der Waals surface area (Å²) in [5.41, 5.74) is 1.38. The van der Waals surface area contributed by atoms with Crippen molar-refractivity contribution in [3.8, 4) is 0 Å². The summed E-state index contributed by atoms with van der Waals surface area (Å²) < 4.78 is 5.17. The molecule has 0 aliphatic carbocycles. The van der Waals surface area contributed by atoms with Crippen LogP contribution >= 0.6 is 0 Å². The number of aliphatic carboxylic acids is 1. The molecule has 1 atom stereocenters. The molecule has 1 fully saturated rings. The van der Waals surface area contributed by atoms with E-state index in [0.29, 0.717) is 18.6 Å². The van der Waals surface area contributed by atoms with E-state index in [1.807, 2.05) is 12.1 Å². The Morgan fingerprint density at radius 1 is 1.38 bits per heavy atom. The molecule has 6 nitrogen and oxygen atoms in total. The average Bonchev–Trinajstić information content (AvgIpc) is 2.96. The molecule has 3 N–H and O–H groups in total. The predicted octanol–water partition coefficient (Wildman–Crippen LogP) is 0.306. The van der Waals surface area contributed by atoms with Gasteiger partial charge in [0.2, 0.25) is 0 Å². The monoisotopic (exact) mass is 290 g/mol. The molecule has 0 aromatic heterocycles. The third-order valence-electron chi connectivity index (χ3n) is 4.17. The van der Waals surface area contributed by atoms with Crippen molar-refractivity contribution >= 4 is 11.9 Å². The van der Waals surface area contributed by atoms with Crippen molar-refractivity contribution in [2.75, 3.05) is 19.8 Å². The van der Waals surface area contributed by atoms with E-state index in [1.165, 1.54) is 0 Å². The molecular formula is C15H18N2O4. The van der Waals surface area contributed by atoms with E-state index < -0.39 is 11.5 Å². The quantitative estimate of drug-likeness (QED) is 0.745. The van der Waals surface area contributed by atoms with Crippen LogP contribution in [0.2, 0.25) is 0 Å². The number of carbonyl (C=O) groups excluding carboxylic acids is 1. The second-order valence-electron chi connectivity index (χ2n) is 5.51. The maximum Gasteiger partial charge on any atom is 0.331 e. The summed E-state index contributed by atoms with van der Waals surface area (Å²) in [4.78, 5) is 24.0. The average molecular weight is 290 g/mol. The van der Waals surface area contributed by atoms with Crippen molar-refractivity contribution in [1.82, 2.24) is 10.6 Å². The summed E-state index contributed by atoms with van der Waals surface area (Å²) in [7, 11) is 0. The molecule has 0 radical (unpaired) electrons. The van der Waals surface area contributed by atoms with Gasteiger partial charge in [0.25, 0.3) is 5.91 Å². The molecule has 0 bridgehead atoms. The zero-order chi connectivity index (χ0) is 14.9. The largest absolute Gasteiger partial charge is 0.479 e. The van der Waals surface area contributed by atoms with E-state index in [9.17, 15) is 14.7 Å². The summed E-state index contributed by atoms with van der Waals surface area (Å²) in [5, 5.41) is 15.3. The lowest BCUT2D eigenvalue weighted by Crippen LogP contribution is -2.55. The minimum Gasteiger partial charge on any atom is -0.479 e. The first-order valence-corrected chi connectivity index (χ1v) is 7.07. The number of hydrogen-bond donors (Lipinski definition) is 3. The van der Waals surface area contributed by atoms with Gasteiger partial charge < -0.3 is 20.5 Å². The number of hydrogen-bond acceptors (Lipinski definition) is 4. The van der Waals surface area contributed by atoms with Gasteiger partial charge >= 0.3 is 5.97 Å². The molecule has 2 aliphatic heterocycles. The van der Waals surface area contributed by atoms with Crippen LogP contribution in [0.3, 0.4) is 0 Å². The Kier molecular flexibility index (Phi) is 3.65. The molecule has 3 rings (SSSR count). The van der Waals surface area contributed by atoms with Crippen LogP contribution in [0.15, 0.2) is 18.2 Å². The molecule has 1 aromatic carbocycles. The van der Waals surface area contributed by atoms with Gasteiger partial charge in [0.1, 0.15) is 0 Å². The summed E-state index contributed by atoms with van der Waals surface area (Å²) >= 11 is 0. The Balaban J connectivity index is 1.87. The van der Waals surface area contributed by atoms with E-state index >= 15 is 0 Å². The van der Waals surface area contributed by atoms with Crippen LogP contribution in [0.1, 0.15) is 27.9 Å². The molecule has 1 amide bonds. The molecule has 21 heavy (non-hydrogen) atoms.